The van der Waals surface area contributed by atoms with Gasteiger partial charge < -0.3 is 9.47 Å². The van der Waals surface area contributed by atoms with E-state index in [2.05, 4.69) is 16.9 Å². The fraction of sp³-hybridized carbons (Fsp3) is 0.526. The normalized spacial score (nSPS) is 18.4. The first-order valence-corrected chi connectivity index (χ1v) is 8.70. The molecule has 1 aliphatic rings. The van der Waals surface area contributed by atoms with Crippen molar-refractivity contribution in [3.63, 3.8) is 0 Å². The van der Waals surface area contributed by atoms with Crippen LogP contribution in [0.1, 0.15) is 51.3 Å². The summed E-state index contributed by atoms with van der Waals surface area (Å²) in [5.41, 5.74) is 1.57. The van der Waals surface area contributed by atoms with Crippen LogP contribution in [0.4, 0.5) is 0 Å². The van der Waals surface area contributed by atoms with Crippen LogP contribution >= 0.6 is 11.6 Å². The van der Waals surface area contributed by atoms with Crippen molar-refractivity contribution in [3.05, 3.63) is 28.9 Å². The number of fused-ring (bicyclic) bond motifs is 1. The second-order valence-corrected chi connectivity index (χ2v) is 7.15. The highest BCUT2D eigenvalue weighted by Crippen LogP contribution is 2.29. The molecule has 3 rings (SSSR count). The first kappa shape index (κ1) is 17.3. The van der Waals surface area contributed by atoms with Gasteiger partial charge >= 0.3 is 0 Å². The van der Waals surface area contributed by atoms with Gasteiger partial charge in [-0.1, -0.05) is 23.4 Å². The molecule has 4 nitrogen and oxygen atoms in total. The smallest absolute Gasteiger partial charge is 0.150 e. The van der Waals surface area contributed by atoms with Gasteiger partial charge in [-0.25, -0.2) is 4.68 Å². The number of ether oxygens (including phenoxy) is 2. The van der Waals surface area contributed by atoms with E-state index in [1.165, 1.54) is 6.42 Å². The number of methoxy groups -OCH3 is 1. The van der Waals surface area contributed by atoms with Crippen molar-refractivity contribution in [2.24, 2.45) is 0 Å². The quantitative estimate of drug-likeness (QED) is 0.765. The Morgan fingerprint density at radius 2 is 2.25 bits per heavy atom. The molecule has 5 heteroatoms. The monoisotopic (exact) mass is 346 g/mol. The minimum atomic E-state index is -0.263. The summed E-state index contributed by atoms with van der Waals surface area (Å²) >= 11 is 6.38. The molecule has 1 atom stereocenters. The molecule has 24 heavy (non-hydrogen) atoms. The van der Waals surface area contributed by atoms with Gasteiger partial charge in [0, 0.05) is 31.1 Å². The first-order valence-electron chi connectivity index (χ1n) is 8.32. The third-order valence-corrected chi connectivity index (χ3v) is 4.72. The molecule has 0 bridgehead atoms. The van der Waals surface area contributed by atoms with Crippen LogP contribution in [-0.2, 0) is 9.47 Å². The van der Waals surface area contributed by atoms with Gasteiger partial charge in [-0.15, -0.1) is 0 Å². The number of rotatable bonds is 3. The number of aromatic nitrogens is 2. The first-order chi connectivity index (χ1) is 11.5. The fourth-order valence-corrected chi connectivity index (χ4v) is 2.95. The molecule has 1 fully saturated rings. The highest BCUT2D eigenvalue weighted by Gasteiger charge is 2.19. The summed E-state index contributed by atoms with van der Waals surface area (Å²) in [5.74, 6) is 6.34. The van der Waals surface area contributed by atoms with Gasteiger partial charge in [-0.05, 0) is 45.2 Å². The lowest BCUT2D eigenvalue weighted by Crippen LogP contribution is -2.21. The largest absolute Gasteiger partial charge is 0.378 e. The Bertz CT molecular complexity index is 780. The van der Waals surface area contributed by atoms with E-state index in [1.54, 1.807) is 7.11 Å². The van der Waals surface area contributed by atoms with Crippen LogP contribution in [0.25, 0.3) is 10.9 Å². The maximum absolute atomic E-state index is 6.38. The number of halogens is 1. The van der Waals surface area contributed by atoms with E-state index in [4.69, 9.17) is 21.1 Å². The number of benzene rings is 1. The molecule has 1 aromatic carbocycles. The van der Waals surface area contributed by atoms with Crippen LogP contribution < -0.4 is 0 Å². The average molecular weight is 347 g/mol. The Hall–Kier alpha value is -1.54. The van der Waals surface area contributed by atoms with Gasteiger partial charge in [0.15, 0.2) is 6.23 Å². The summed E-state index contributed by atoms with van der Waals surface area (Å²) in [6, 6.07) is 3.93. The molecular formula is C19H23ClN2O2. The second kappa shape index (κ2) is 7.14. The molecule has 0 saturated carbocycles. The van der Waals surface area contributed by atoms with E-state index >= 15 is 0 Å². The van der Waals surface area contributed by atoms with Gasteiger partial charge in [0.1, 0.15) is 0 Å². The van der Waals surface area contributed by atoms with E-state index in [9.17, 15) is 0 Å². The zero-order valence-corrected chi connectivity index (χ0v) is 15.2. The third-order valence-electron chi connectivity index (χ3n) is 4.40. The lowest BCUT2D eigenvalue weighted by molar-refractivity contribution is -0.0366. The summed E-state index contributed by atoms with van der Waals surface area (Å²) in [4.78, 5) is 0. The molecule has 128 valence electrons. The van der Waals surface area contributed by atoms with E-state index in [0.717, 1.165) is 35.9 Å². The van der Waals surface area contributed by atoms with Crippen molar-refractivity contribution >= 4 is 22.5 Å². The number of hydrogen-bond donors (Lipinski definition) is 0. The summed E-state index contributed by atoms with van der Waals surface area (Å²) in [6.45, 7) is 4.82. The Kier molecular flexibility index (Phi) is 5.15. The lowest BCUT2D eigenvalue weighted by Gasteiger charge is -2.23. The number of hydrogen-bond acceptors (Lipinski definition) is 3. The summed E-state index contributed by atoms with van der Waals surface area (Å²) in [7, 11) is 1.70. The molecule has 1 aromatic heterocycles. The average Bonchev–Trinajstić information content (AvgIpc) is 2.98. The van der Waals surface area contributed by atoms with E-state index in [-0.39, 0.29) is 11.8 Å². The fourth-order valence-electron chi connectivity index (χ4n) is 2.73. The topological polar surface area (TPSA) is 36.3 Å². The van der Waals surface area contributed by atoms with Crippen molar-refractivity contribution in [2.45, 2.75) is 51.4 Å². The highest BCUT2D eigenvalue weighted by molar-refractivity contribution is 6.32. The molecule has 2 aromatic rings. The lowest BCUT2D eigenvalue weighted by atomic mass is 10.1. The molecule has 1 unspecified atom stereocenters. The van der Waals surface area contributed by atoms with Crippen molar-refractivity contribution in [1.82, 2.24) is 9.78 Å². The van der Waals surface area contributed by atoms with E-state index in [0.29, 0.717) is 11.4 Å². The van der Waals surface area contributed by atoms with Gasteiger partial charge in [0.05, 0.1) is 22.3 Å². The van der Waals surface area contributed by atoms with Crippen molar-refractivity contribution in [2.75, 3.05) is 13.7 Å². The molecule has 2 heterocycles. The minimum absolute atomic E-state index is 0.00524. The SMILES string of the molecule is COC(C)(C)CC#Cc1cc2c(cnn2C2CCCCO2)cc1Cl. The van der Waals surface area contributed by atoms with E-state index < -0.39 is 0 Å². The predicted molar refractivity (Wildman–Crippen MR) is 96.2 cm³/mol. The van der Waals surface area contributed by atoms with Crippen LogP contribution in [0, 0.1) is 11.8 Å². The van der Waals surface area contributed by atoms with Crippen molar-refractivity contribution in [3.8, 4) is 11.8 Å². The Morgan fingerprint density at radius 3 is 2.96 bits per heavy atom. The molecular weight excluding hydrogens is 324 g/mol. The Balaban J connectivity index is 1.91. The van der Waals surface area contributed by atoms with Gasteiger partial charge in [-0.2, -0.15) is 5.10 Å². The van der Waals surface area contributed by atoms with Gasteiger partial charge in [0.25, 0.3) is 0 Å². The molecule has 1 saturated heterocycles. The van der Waals surface area contributed by atoms with Crippen molar-refractivity contribution < 1.29 is 9.47 Å². The maximum atomic E-state index is 6.38. The highest BCUT2D eigenvalue weighted by atomic mass is 35.5. The van der Waals surface area contributed by atoms with Crippen LogP contribution in [-0.4, -0.2) is 29.1 Å². The molecule has 0 spiro atoms. The molecule has 1 aliphatic heterocycles. The van der Waals surface area contributed by atoms with Crippen LogP contribution in [0.5, 0.6) is 0 Å². The predicted octanol–water partition coefficient (Wildman–Crippen LogP) is 4.56. The third kappa shape index (κ3) is 3.75. The standard InChI is InChI=1S/C19H23ClN2O2/c1-19(2,23-3)9-6-7-14-12-17-15(11-16(14)20)13-21-22(17)18-8-4-5-10-24-18/h11-13,18H,4-5,8-10H2,1-3H3. The summed E-state index contributed by atoms with van der Waals surface area (Å²) < 4.78 is 13.2. The minimum Gasteiger partial charge on any atom is -0.378 e. The van der Waals surface area contributed by atoms with Gasteiger partial charge in [-0.3, -0.25) is 0 Å². The van der Waals surface area contributed by atoms with Crippen LogP contribution in [0.3, 0.4) is 0 Å². The summed E-state index contributed by atoms with van der Waals surface area (Å²) in [6.07, 6.45) is 5.76. The zero-order chi connectivity index (χ0) is 17.2. The summed E-state index contributed by atoms with van der Waals surface area (Å²) in [5, 5.41) is 6.16. The Labute approximate surface area is 148 Å². The molecule has 0 radical (unpaired) electrons. The van der Waals surface area contributed by atoms with Gasteiger partial charge in [0.2, 0.25) is 0 Å². The molecule has 0 N–H and O–H groups in total. The molecule has 0 amide bonds. The Morgan fingerprint density at radius 1 is 1.42 bits per heavy atom. The molecule has 0 aliphatic carbocycles. The zero-order valence-electron chi connectivity index (χ0n) is 14.4. The van der Waals surface area contributed by atoms with Crippen LogP contribution in [0.2, 0.25) is 5.02 Å². The van der Waals surface area contributed by atoms with Crippen LogP contribution in [0.15, 0.2) is 18.3 Å². The second-order valence-electron chi connectivity index (χ2n) is 6.74. The maximum Gasteiger partial charge on any atom is 0.150 e. The van der Waals surface area contributed by atoms with Crippen molar-refractivity contribution in [1.29, 1.82) is 0 Å². The number of nitrogens with zero attached hydrogens (tertiary/aromatic N) is 2. The van der Waals surface area contributed by atoms with E-state index in [1.807, 2.05) is 36.9 Å².